The molecule has 0 amide bonds. The van der Waals surface area contributed by atoms with Crippen molar-refractivity contribution < 1.29 is 0 Å². The molecule has 0 aliphatic rings. The van der Waals surface area contributed by atoms with Gasteiger partial charge in [-0.2, -0.15) is 0 Å². The number of rotatable bonds is 10. The summed E-state index contributed by atoms with van der Waals surface area (Å²) in [7, 11) is 1.77. The van der Waals surface area contributed by atoms with E-state index >= 15 is 0 Å². The van der Waals surface area contributed by atoms with Crippen LogP contribution in [0, 0.1) is 5.92 Å². The van der Waals surface area contributed by atoms with E-state index in [1.807, 2.05) is 18.2 Å². The predicted molar refractivity (Wildman–Crippen MR) is 90.2 cm³/mol. The van der Waals surface area contributed by atoms with Crippen molar-refractivity contribution in [3.63, 3.8) is 0 Å². The van der Waals surface area contributed by atoms with E-state index in [9.17, 15) is 0 Å². The molecule has 0 aliphatic heterocycles. The molecule has 0 rings (SSSR count). The second-order valence-electron chi connectivity index (χ2n) is 4.97. The van der Waals surface area contributed by atoms with Crippen LogP contribution in [0.2, 0.25) is 0 Å². The molecule has 1 unspecified atom stereocenters. The van der Waals surface area contributed by atoms with Crippen molar-refractivity contribution in [1.82, 2.24) is 15.5 Å². The summed E-state index contributed by atoms with van der Waals surface area (Å²) < 4.78 is 0. The standard InChI is InChI=1S/C16H30N4/c1-7-10-18-16(17-6)19-13-15(14(4)5)20(11-8-2)12-9-3/h7-9,14-15H,1-3,10-13H2,4-6H3,(H2,17,18,19). The van der Waals surface area contributed by atoms with Gasteiger partial charge in [-0.25, -0.2) is 0 Å². The molecular formula is C16H30N4. The van der Waals surface area contributed by atoms with Crippen LogP contribution in [0.4, 0.5) is 0 Å². The molecule has 0 fully saturated rings. The van der Waals surface area contributed by atoms with Crippen LogP contribution in [0.25, 0.3) is 0 Å². The van der Waals surface area contributed by atoms with E-state index in [-0.39, 0.29) is 0 Å². The molecule has 0 aromatic carbocycles. The van der Waals surface area contributed by atoms with Crippen molar-refractivity contribution in [2.75, 3.05) is 33.2 Å². The summed E-state index contributed by atoms with van der Waals surface area (Å²) in [6, 6.07) is 0.397. The highest BCUT2D eigenvalue weighted by atomic mass is 15.2. The zero-order valence-electron chi connectivity index (χ0n) is 13.2. The fraction of sp³-hybridized carbons (Fsp3) is 0.562. The van der Waals surface area contributed by atoms with Gasteiger partial charge in [0.15, 0.2) is 5.96 Å². The Labute approximate surface area is 124 Å². The summed E-state index contributed by atoms with van der Waals surface area (Å²) >= 11 is 0. The quantitative estimate of drug-likeness (QED) is 0.365. The Kier molecular flexibility index (Phi) is 10.4. The van der Waals surface area contributed by atoms with E-state index in [4.69, 9.17) is 0 Å². The van der Waals surface area contributed by atoms with Gasteiger partial charge in [-0.15, -0.1) is 19.7 Å². The Balaban J connectivity index is 4.62. The Hall–Kier alpha value is -1.55. The summed E-state index contributed by atoms with van der Waals surface area (Å²) in [5, 5.41) is 6.54. The fourth-order valence-electron chi connectivity index (χ4n) is 2.05. The Morgan fingerprint density at radius 3 is 2.10 bits per heavy atom. The molecule has 0 bridgehead atoms. The zero-order valence-corrected chi connectivity index (χ0v) is 13.2. The van der Waals surface area contributed by atoms with E-state index < -0.39 is 0 Å². The van der Waals surface area contributed by atoms with Crippen molar-refractivity contribution in [3.05, 3.63) is 38.0 Å². The first-order valence-corrected chi connectivity index (χ1v) is 7.11. The van der Waals surface area contributed by atoms with Crippen molar-refractivity contribution in [1.29, 1.82) is 0 Å². The van der Waals surface area contributed by atoms with E-state index in [0.29, 0.717) is 18.5 Å². The van der Waals surface area contributed by atoms with Crippen LogP contribution in [-0.4, -0.2) is 50.1 Å². The normalized spacial score (nSPS) is 13.2. The Bertz CT molecular complexity index is 310. The summed E-state index contributed by atoms with van der Waals surface area (Å²) in [6.45, 7) is 19.1. The first-order chi connectivity index (χ1) is 9.60. The largest absolute Gasteiger partial charge is 0.355 e. The number of guanidine groups is 1. The first-order valence-electron chi connectivity index (χ1n) is 7.11. The lowest BCUT2D eigenvalue weighted by atomic mass is 10.0. The molecule has 0 radical (unpaired) electrons. The maximum Gasteiger partial charge on any atom is 0.191 e. The average molecular weight is 278 g/mol. The molecule has 4 heteroatoms. The van der Waals surface area contributed by atoms with Gasteiger partial charge in [0, 0.05) is 39.3 Å². The molecule has 4 nitrogen and oxygen atoms in total. The van der Waals surface area contributed by atoms with Crippen molar-refractivity contribution in [2.24, 2.45) is 10.9 Å². The summed E-state index contributed by atoms with van der Waals surface area (Å²) in [4.78, 5) is 6.56. The topological polar surface area (TPSA) is 39.7 Å². The maximum absolute atomic E-state index is 4.20. The van der Waals surface area contributed by atoms with Gasteiger partial charge < -0.3 is 10.6 Å². The smallest absolute Gasteiger partial charge is 0.191 e. The van der Waals surface area contributed by atoms with Gasteiger partial charge in [-0.3, -0.25) is 9.89 Å². The molecule has 0 spiro atoms. The van der Waals surface area contributed by atoms with Crippen molar-refractivity contribution >= 4 is 5.96 Å². The SMILES string of the molecule is C=CCNC(=NC)NCC(C(C)C)N(CC=C)CC=C. The lowest BCUT2D eigenvalue weighted by Gasteiger charge is -2.33. The van der Waals surface area contributed by atoms with E-state index in [0.717, 1.165) is 25.6 Å². The highest BCUT2D eigenvalue weighted by Crippen LogP contribution is 2.10. The highest BCUT2D eigenvalue weighted by Gasteiger charge is 2.20. The van der Waals surface area contributed by atoms with Gasteiger partial charge in [0.1, 0.15) is 0 Å². The number of nitrogens with zero attached hydrogens (tertiary/aromatic N) is 2. The summed E-state index contributed by atoms with van der Waals surface area (Å²) in [5.41, 5.74) is 0. The van der Waals surface area contributed by atoms with E-state index in [2.05, 4.69) is 54.1 Å². The molecule has 0 saturated heterocycles. The van der Waals surface area contributed by atoms with E-state index in [1.54, 1.807) is 7.05 Å². The third kappa shape index (κ3) is 7.14. The monoisotopic (exact) mass is 278 g/mol. The average Bonchev–Trinajstić information content (AvgIpc) is 2.42. The molecular weight excluding hydrogens is 248 g/mol. The molecule has 0 aromatic rings. The summed E-state index contributed by atoms with van der Waals surface area (Å²) in [6.07, 6.45) is 5.68. The van der Waals surface area contributed by atoms with Gasteiger partial charge in [-0.05, 0) is 5.92 Å². The van der Waals surface area contributed by atoms with Crippen LogP contribution in [0.5, 0.6) is 0 Å². The molecule has 20 heavy (non-hydrogen) atoms. The minimum Gasteiger partial charge on any atom is -0.355 e. The van der Waals surface area contributed by atoms with Crippen LogP contribution >= 0.6 is 0 Å². The second kappa shape index (κ2) is 11.3. The lowest BCUT2D eigenvalue weighted by Crippen LogP contribution is -2.49. The van der Waals surface area contributed by atoms with Crippen LogP contribution in [0.1, 0.15) is 13.8 Å². The molecule has 0 aliphatic carbocycles. The maximum atomic E-state index is 4.20. The Morgan fingerprint density at radius 1 is 1.10 bits per heavy atom. The summed E-state index contributed by atoms with van der Waals surface area (Å²) in [5.74, 6) is 1.33. The van der Waals surface area contributed by atoms with Crippen LogP contribution in [0.15, 0.2) is 43.0 Å². The molecule has 1 atom stereocenters. The Morgan fingerprint density at radius 2 is 1.70 bits per heavy atom. The minimum atomic E-state index is 0.397. The number of hydrogen-bond acceptors (Lipinski definition) is 2. The van der Waals surface area contributed by atoms with E-state index in [1.165, 1.54) is 0 Å². The second-order valence-corrected chi connectivity index (χ2v) is 4.97. The van der Waals surface area contributed by atoms with Crippen LogP contribution < -0.4 is 10.6 Å². The van der Waals surface area contributed by atoms with Gasteiger partial charge in [0.25, 0.3) is 0 Å². The highest BCUT2D eigenvalue weighted by molar-refractivity contribution is 5.79. The number of nitrogens with one attached hydrogen (secondary N) is 2. The van der Waals surface area contributed by atoms with Gasteiger partial charge in [-0.1, -0.05) is 32.1 Å². The van der Waals surface area contributed by atoms with Crippen molar-refractivity contribution in [2.45, 2.75) is 19.9 Å². The zero-order chi connectivity index (χ0) is 15.4. The predicted octanol–water partition coefficient (Wildman–Crippen LogP) is 2.04. The first kappa shape index (κ1) is 18.4. The fourth-order valence-corrected chi connectivity index (χ4v) is 2.05. The minimum absolute atomic E-state index is 0.397. The molecule has 114 valence electrons. The third-order valence-electron chi connectivity index (χ3n) is 3.08. The third-order valence-corrected chi connectivity index (χ3v) is 3.08. The number of hydrogen-bond donors (Lipinski definition) is 2. The van der Waals surface area contributed by atoms with Gasteiger partial charge in [0.2, 0.25) is 0 Å². The molecule has 2 N–H and O–H groups in total. The van der Waals surface area contributed by atoms with Crippen molar-refractivity contribution in [3.8, 4) is 0 Å². The number of aliphatic imine (C=N–C) groups is 1. The molecule has 0 heterocycles. The van der Waals surface area contributed by atoms with Crippen LogP contribution in [0.3, 0.4) is 0 Å². The van der Waals surface area contributed by atoms with Crippen LogP contribution in [-0.2, 0) is 0 Å². The molecule has 0 saturated carbocycles. The molecule has 0 aromatic heterocycles. The lowest BCUT2D eigenvalue weighted by molar-refractivity contribution is 0.190. The van der Waals surface area contributed by atoms with Gasteiger partial charge >= 0.3 is 0 Å². The van der Waals surface area contributed by atoms with Gasteiger partial charge in [0.05, 0.1) is 0 Å².